The molecule has 0 radical (unpaired) electrons. The molecule has 0 aliphatic heterocycles. The molecule has 2 amide bonds. The summed E-state index contributed by atoms with van der Waals surface area (Å²) in [5, 5.41) is 3.39. The summed E-state index contributed by atoms with van der Waals surface area (Å²) in [5.41, 5.74) is 7.96. The highest BCUT2D eigenvalue weighted by molar-refractivity contribution is 7.17. The van der Waals surface area contributed by atoms with E-state index in [1.54, 1.807) is 6.08 Å². The van der Waals surface area contributed by atoms with E-state index < -0.39 is 5.91 Å². The lowest BCUT2D eigenvalue weighted by Gasteiger charge is -2.18. The standard InChI is InChI=1S/C21H24N2O3S/c1-3-26-15-8-5-14(6-9-15)7-11-18(24)23-21-19(20(22)25)16-10-4-13(2)12-17(16)27-21/h5-9,11,13H,3-4,10,12H2,1-2H3,(H2,22,25)(H,23,24)/b11-7+/t13-/m1/s1. The van der Waals surface area contributed by atoms with Crippen LogP contribution in [0.1, 0.15) is 46.6 Å². The summed E-state index contributed by atoms with van der Waals surface area (Å²) < 4.78 is 5.40. The number of thiophene rings is 1. The molecule has 1 aromatic carbocycles. The Morgan fingerprint density at radius 1 is 1.33 bits per heavy atom. The van der Waals surface area contributed by atoms with Gasteiger partial charge in [-0.1, -0.05) is 19.1 Å². The third-order valence-electron chi connectivity index (χ3n) is 4.61. The zero-order chi connectivity index (χ0) is 19.4. The fourth-order valence-corrected chi connectivity index (χ4v) is 4.69. The van der Waals surface area contributed by atoms with Gasteiger partial charge in [-0.05, 0) is 61.4 Å². The van der Waals surface area contributed by atoms with Crippen LogP contribution in [0.15, 0.2) is 30.3 Å². The second kappa shape index (κ2) is 8.39. The molecular weight excluding hydrogens is 360 g/mol. The average Bonchev–Trinajstić information content (AvgIpc) is 2.98. The third-order valence-corrected chi connectivity index (χ3v) is 5.78. The van der Waals surface area contributed by atoms with Gasteiger partial charge in [0.2, 0.25) is 5.91 Å². The summed E-state index contributed by atoms with van der Waals surface area (Å²) in [6, 6.07) is 7.49. The largest absolute Gasteiger partial charge is 0.494 e. The van der Waals surface area contributed by atoms with Crippen molar-refractivity contribution >= 4 is 34.2 Å². The maximum atomic E-state index is 12.3. The van der Waals surface area contributed by atoms with E-state index in [0.29, 0.717) is 23.1 Å². The zero-order valence-electron chi connectivity index (χ0n) is 15.6. The average molecular weight is 385 g/mol. The smallest absolute Gasteiger partial charge is 0.251 e. The van der Waals surface area contributed by atoms with Crippen LogP contribution in [0.4, 0.5) is 5.00 Å². The number of benzene rings is 1. The van der Waals surface area contributed by atoms with E-state index in [1.807, 2.05) is 31.2 Å². The molecule has 142 valence electrons. The molecule has 6 heteroatoms. The van der Waals surface area contributed by atoms with E-state index >= 15 is 0 Å². The van der Waals surface area contributed by atoms with Gasteiger partial charge in [-0.2, -0.15) is 0 Å². The monoisotopic (exact) mass is 384 g/mol. The first kappa shape index (κ1) is 19.2. The number of ether oxygens (including phenoxy) is 1. The van der Waals surface area contributed by atoms with Crippen LogP contribution in [0, 0.1) is 5.92 Å². The highest BCUT2D eigenvalue weighted by Crippen LogP contribution is 2.39. The van der Waals surface area contributed by atoms with Gasteiger partial charge in [0.25, 0.3) is 5.91 Å². The normalized spacial score (nSPS) is 16.1. The second-order valence-electron chi connectivity index (χ2n) is 6.74. The molecule has 0 spiro atoms. The van der Waals surface area contributed by atoms with Gasteiger partial charge in [-0.3, -0.25) is 9.59 Å². The summed E-state index contributed by atoms with van der Waals surface area (Å²) in [6.45, 7) is 4.75. The summed E-state index contributed by atoms with van der Waals surface area (Å²) in [7, 11) is 0. The lowest BCUT2D eigenvalue weighted by atomic mass is 9.88. The van der Waals surface area contributed by atoms with Gasteiger partial charge in [0.05, 0.1) is 12.2 Å². The minimum absolute atomic E-state index is 0.280. The quantitative estimate of drug-likeness (QED) is 0.738. The van der Waals surface area contributed by atoms with Crippen molar-refractivity contribution in [3.05, 3.63) is 51.9 Å². The molecule has 0 unspecified atom stereocenters. The van der Waals surface area contributed by atoms with Crippen LogP contribution < -0.4 is 15.8 Å². The molecule has 5 nitrogen and oxygen atoms in total. The van der Waals surface area contributed by atoms with Crippen molar-refractivity contribution in [1.82, 2.24) is 0 Å². The molecule has 3 rings (SSSR count). The van der Waals surface area contributed by atoms with Crippen molar-refractivity contribution in [3.8, 4) is 5.75 Å². The van der Waals surface area contributed by atoms with Gasteiger partial charge >= 0.3 is 0 Å². The molecule has 0 saturated heterocycles. The molecule has 0 fully saturated rings. The fraction of sp³-hybridized carbons (Fsp3) is 0.333. The predicted octanol–water partition coefficient (Wildman–Crippen LogP) is 4.02. The van der Waals surface area contributed by atoms with Crippen LogP contribution in [0.25, 0.3) is 6.08 Å². The van der Waals surface area contributed by atoms with Crippen molar-refractivity contribution in [2.24, 2.45) is 11.7 Å². The number of primary amides is 1. The SMILES string of the molecule is CCOc1ccc(/C=C/C(=O)Nc2sc3c(c2C(N)=O)CC[C@@H](C)C3)cc1. The topological polar surface area (TPSA) is 81.4 Å². The summed E-state index contributed by atoms with van der Waals surface area (Å²) in [4.78, 5) is 25.4. The van der Waals surface area contributed by atoms with Gasteiger partial charge < -0.3 is 15.8 Å². The van der Waals surface area contributed by atoms with Crippen LogP contribution in [-0.2, 0) is 17.6 Å². The molecule has 1 aromatic heterocycles. The number of carbonyl (C=O) groups excluding carboxylic acids is 2. The molecule has 0 bridgehead atoms. The Morgan fingerprint density at radius 3 is 2.74 bits per heavy atom. The number of hydrogen-bond donors (Lipinski definition) is 2. The van der Waals surface area contributed by atoms with E-state index in [0.717, 1.165) is 41.0 Å². The molecule has 1 atom stereocenters. The lowest BCUT2D eigenvalue weighted by Crippen LogP contribution is -2.18. The van der Waals surface area contributed by atoms with E-state index in [4.69, 9.17) is 10.5 Å². The summed E-state index contributed by atoms with van der Waals surface area (Å²) >= 11 is 1.47. The summed E-state index contributed by atoms with van der Waals surface area (Å²) in [6.07, 6.45) is 5.99. The highest BCUT2D eigenvalue weighted by Gasteiger charge is 2.26. The van der Waals surface area contributed by atoms with Gasteiger partial charge in [-0.15, -0.1) is 11.3 Å². The Morgan fingerprint density at radius 2 is 2.07 bits per heavy atom. The third kappa shape index (κ3) is 4.57. The highest BCUT2D eigenvalue weighted by atomic mass is 32.1. The first-order valence-corrected chi connectivity index (χ1v) is 9.95. The van der Waals surface area contributed by atoms with E-state index in [9.17, 15) is 9.59 Å². The van der Waals surface area contributed by atoms with Crippen molar-refractivity contribution in [3.63, 3.8) is 0 Å². The molecule has 1 heterocycles. The Bertz CT molecular complexity index is 868. The van der Waals surface area contributed by atoms with Gasteiger partial charge in [0, 0.05) is 11.0 Å². The van der Waals surface area contributed by atoms with Crippen molar-refractivity contribution in [2.75, 3.05) is 11.9 Å². The number of nitrogens with two attached hydrogens (primary N) is 1. The molecule has 3 N–H and O–H groups in total. The first-order chi connectivity index (χ1) is 13.0. The van der Waals surface area contributed by atoms with E-state index in [1.165, 1.54) is 17.4 Å². The molecule has 27 heavy (non-hydrogen) atoms. The number of rotatable bonds is 6. The summed E-state index contributed by atoms with van der Waals surface area (Å²) in [5.74, 6) is 0.620. The van der Waals surface area contributed by atoms with Gasteiger partial charge in [-0.25, -0.2) is 0 Å². The second-order valence-corrected chi connectivity index (χ2v) is 7.85. The molecule has 1 aliphatic carbocycles. The Kier molecular flexibility index (Phi) is 5.96. The predicted molar refractivity (Wildman–Crippen MR) is 109 cm³/mol. The van der Waals surface area contributed by atoms with Crippen molar-refractivity contribution in [1.29, 1.82) is 0 Å². The van der Waals surface area contributed by atoms with E-state index in [2.05, 4.69) is 12.2 Å². The van der Waals surface area contributed by atoms with Crippen LogP contribution in [0.3, 0.4) is 0 Å². The fourth-order valence-electron chi connectivity index (χ4n) is 3.27. The van der Waals surface area contributed by atoms with Gasteiger partial charge in [0.15, 0.2) is 0 Å². The minimum Gasteiger partial charge on any atom is -0.494 e. The van der Waals surface area contributed by atoms with Crippen molar-refractivity contribution in [2.45, 2.75) is 33.1 Å². The van der Waals surface area contributed by atoms with Crippen molar-refractivity contribution < 1.29 is 14.3 Å². The number of fused-ring (bicyclic) bond motifs is 1. The Hall–Kier alpha value is -2.60. The van der Waals surface area contributed by atoms with Crippen LogP contribution in [0.5, 0.6) is 5.75 Å². The molecule has 0 saturated carbocycles. The number of hydrogen-bond acceptors (Lipinski definition) is 4. The van der Waals surface area contributed by atoms with Crippen LogP contribution in [0.2, 0.25) is 0 Å². The lowest BCUT2D eigenvalue weighted by molar-refractivity contribution is -0.111. The maximum absolute atomic E-state index is 12.3. The number of carbonyl (C=O) groups is 2. The molecule has 1 aliphatic rings. The zero-order valence-corrected chi connectivity index (χ0v) is 16.4. The van der Waals surface area contributed by atoms with Crippen LogP contribution in [-0.4, -0.2) is 18.4 Å². The minimum atomic E-state index is -0.479. The van der Waals surface area contributed by atoms with Crippen LogP contribution >= 0.6 is 11.3 Å². The number of nitrogens with one attached hydrogen (secondary N) is 1. The Labute approximate surface area is 163 Å². The Balaban J connectivity index is 1.73. The maximum Gasteiger partial charge on any atom is 0.251 e. The van der Waals surface area contributed by atoms with Gasteiger partial charge in [0.1, 0.15) is 10.8 Å². The number of amides is 2. The van der Waals surface area contributed by atoms with E-state index in [-0.39, 0.29) is 5.91 Å². The first-order valence-electron chi connectivity index (χ1n) is 9.14. The number of anilines is 1. The molecule has 2 aromatic rings. The molecular formula is C21H24N2O3S.